The predicted octanol–water partition coefficient (Wildman–Crippen LogP) is -2.72. The SMILES string of the molecule is [Na+].[O-]Cc1ccc2c(c1)OCO2. The molecular formula is C8H7NaO3. The van der Waals surface area contributed by atoms with Gasteiger partial charge in [-0.1, -0.05) is 11.6 Å². The van der Waals surface area contributed by atoms with E-state index in [1.807, 2.05) is 0 Å². The van der Waals surface area contributed by atoms with Crippen molar-refractivity contribution < 1.29 is 44.1 Å². The first-order valence-corrected chi connectivity index (χ1v) is 3.37. The van der Waals surface area contributed by atoms with E-state index in [-0.39, 0.29) is 43.0 Å². The summed E-state index contributed by atoms with van der Waals surface area (Å²) in [6.45, 7) is 0.0499. The molecule has 12 heavy (non-hydrogen) atoms. The minimum Gasteiger partial charge on any atom is -0.851 e. The molecule has 0 aliphatic carbocycles. The van der Waals surface area contributed by atoms with Crippen molar-refractivity contribution in [2.45, 2.75) is 6.61 Å². The van der Waals surface area contributed by atoms with Crippen LogP contribution in [0.2, 0.25) is 0 Å². The van der Waals surface area contributed by atoms with E-state index in [1.165, 1.54) is 0 Å². The van der Waals surface area contributed by atoms with Gasteiger partial charge in [0.15, 0.2) is 11.5 Å². The molecule has 0 aromatic heterocycles. The molecule has 0 N–H and O–H groups in total. The second-order valence-corrected chi connectivity index (χ2v) is 2.33. The molecule has 0 unspecified atom stereocenters. The van der Waals surface area contributed by atoms with E-state index in [4.69, 9.17) is 9.47 Å². The summed E-state index contributed by atoms with van der Waals surface area (Å²) in [6, 6.07) is 5.23. The van der Waals surface area contributed by atoms with Crippen molar-refractivity contribution in [2.24, 2.45) is 0 Å². The molecule has 0 radical (unpaired) electrons. The molecule has 4 heteroatoms. The molecule has 0 saturated heterocycles. The van der Waals surface area contributed by atoms with Crippen molar-refractivity contribution in [1.82, 2.24) is 0 Å². The maximum atomic E-state index is 10.4. The van der Waals surface area contributed by atoms with Gasteiger partial charge in [0.05, 0.1) is 0 Å². The summed E-state index contributed by atoms with van der Waals surface area (Å²) in [5.41, 5.74) is 0.731. The molecule has 1 aromatic carbocycles. The van der Waals surface area contributed by atoms with Crippen LogP contribution in [-0.2, 0) is 6.61 Å². The molecule has 0 amide bonds. The zero-order valence-electron chi connectivity index (χ0n) is 6.87. The number of fused-ring (bicyclic) bond motifs is 1. The van der Waals surface area contributed by atoms with E-state index in [1.54, 1.807) is 18.2 Å². The fourth-order valence-corrected chi connectivity index (χ4v) is 1.03. The smallest absolute Gasteiger partial charge is 0.851 e. The first-order chi connectivity index (χ1) is 5.40. The summed E-state index contributed by atoms with van der Waals surface area (Å²) in [5.74, 6) is 1.40. The summed E-state index contributed by atoms with van der Waals surface area (Å²) in [5, 5.41) is 10.4. The van der Waals surface area contributed by atoms with Gasteiger partial charge in [-0.25, -0.2) is 0 Å². The topological polar surface area (TPSA) is 41.5 Å². The van der Waals surface area contributed by atoms with E-state index >= 15 is 0 Å². The normalized spacial score (nSPS) is 12.4. The van der Waals surface area contributed by atoms with E-state index in [2.05, 4.69) is 0 Å². The van der Waals surface area contributed by atoms with E-state index < -0.39 is 0 Å². The molecule has 1 aliphatic heterocycles. The molecule has 0 bridgehead atoms. The number of hydrogen-bond donors (Lipinski definition) is 0. The Bertz CT molecular complexity index is 275. The van der Waals surface area contributed by atoms with Crippen molar-refractivity contribution in [2.75, 3.05) is 6.79 Å². The number of ether oxygens (including phenoxy) is 2. The fourth-order valence-electron chi connectivity index (χ4n) is 1.03. The van der Waals surface area contributed by atoms with Gasteiger partial charge in [0, 0.05) is 0 Å². The minimum absolute atomic E-state index is 0. The zero-order chi connectivity index (χ0) is 7.68. The van der Waals surface area contributed by atoms with Gasteiger partial charge in [-0.2, -0.15) is 0 Å². The van der Waals surface area contributed by atoms with Crippen LogP contribution in [0.3, 0.4) is 0 Å². The van der Waals surface area contributed by atoms with Crippen molar-refractivity contribution in [3.05, 3.63) is 23.8 Å². The minimum atomic E-state index is -0.212. The van der Waals surface area contributed by atoms with E-state index in [9.17, 15) is 5.11 Å². The van der Waals surface area contributed by atoms with Crippen LogP contribution >= 0.6 is 0 Å². The van der Waals surface area contributed by atoms with Gasteiger partial charge in [-0.15, -0.1) is 6.61 Å². The van der Waals surface area contributed by atoms with Crippen LogP contribution in [0.5, 0.6) is 11.5 Å². The molecule has 0 fully saturated rings. The standard InChI is InChI=1S/C8H7O3.Na/c9-4-6-1-2-7-8(3-6)11-5-10-7;/h1-3H,4-5H2;/q-1;+1. The van der Waals surface area contributed by atoms with Crippen LogP contribution < -0.4 is 44.1 Å². The Morgan fingerprint density at radius 2 is 2.00 bits per heavy atom. The molecule has 0 atom stereocenters. The van der Waals surface area contributed by atoms with Crippen molar-refractivity contribution >= 4 is 0 Å². The largest absolute Gasteiger partial charge is 1.00 e. The van der Waals surface area contributed by atoms with Crippen molar-refractivity contribution in [3.8, 4) is 11.5 Å². The summed E-state index contributed by atoms with van der Waals surface area (Å²) in [7, 11) is 0. The van der Waals surface area contributed by atoms with Gasteiger partial charge < -0.3 is 14.6 Å². The number of rotatable bonds is 1. The third-order valence-electron chi connectivity index (χ3n) is 1.60. The van der Waals surface area contributed by atoms with Gasteiger partial charge in [-0.05, 0) is 12.1 Å². The van der Waals surface area contributed by atoms with Crippen LogP contribution in [0.15, 0.2) is 18.2 Å². The van der Waals surface area contributed by atoms with Crippen LogP contribution in [-0.4, -0.2) is 6.79 Å². The molecule has 0 spiro atoms. The predicted molar refractivity (Wildman–Crippen MR) is 36.3 cm³/mol. The summed E-state index contributed by atoms with van der Waals surface area (Å²) >= 11 is 0. The van der Waals surface area contributed by atoms with E-state index in [0.29, 0.717) is 5.75 Å². The molecule has 1 heterocycles. The first-order valence-electron chi connectivity index (χ1n) is 3.37. The Morgan fingerprint density at radius 3 is 2.75 bits per heavy atom. The quantitative estimate of drug-likeness (QED) is 0.434. The van der Waals surface area contributed by atoms with Gasteiger partial charge in [0.1, 0.15) is 0 Å². The Balaban J connectivity index is 0.000000720. The molecule has 1 aromatic rings. The van der Waals surface area contributed by atoms with Gasteiger partial charge in [0.2, 0.25) is 6.79 Å². The van der Waals surface area contributed by atoms with Gasteiger partial charge in [-0.3, -0.25) is 0 Å². The average Bonchev–Trinajstić information content (AvgIpc) is 2.50. The van der Waals surface area contributed by atoms with Crippen molar-refractivity contribution in [1.29, 1.82) is 0 Å². The molecule has 58 valence electrons. The summed E-state index contributed by atoms with van der Waals surface area (Å²) < 4.78 is 10.2. The maximum absolute atomic E-state index is 10.4. The second kappa shape index (κ2) is 4.14. The number of hydrogen-bond acceptors (Lipinski definition) is 3. The van der Waals surface area contributed by atoms with E-state index in [0.717, 1.165) is 11.3 Å². The Labute approximate surface area is 92.6 Å². The van der Waals surface area contributed by atoms with Crippen LogP contribution in [0, 0.1) is 0 Å². The third-order valence-corrected chi connectivity index (χ3v) is 1.60. The molecular weight excluding hydrogens is 167 g/mol. The van der Waals surface area contributed by atoms with Gasteiger partial charge in [0.25, 0.3) is 0 Å². The first kappa shape index (κ1) is 9.86. The average molecular weight is 174 g/mol. The monoisotopic (exact) mass is 174 g/mol. The molecule has 3 nitrogen and oxygen atoms in total. The van der Waals surface area contributed by atoms with Crippen LogP contribution in [0.4, 0.5) is 0 Å². The van der Waals surface area contributed by atoms with Crippen LogP contribution in [0.25, 0.3) is 0 Å². The zero-order valence-corrected chi connectivity index (χ0v) is 8.87. The number of benzene rings is 1. The fraction of sp³-hybridized carbons (Fsp3) is 0.250. The summed E-state index contributed by atoms with van der Waals surface area (Å²) in [6.07, 6.45) is 0. The third kappa shape index (κ3) is 1.75. The van der Waals surface area contributed by atoms with Crippen molar-refractivity contribution in [3.63, 3.8) is 0 Å². The maximum Gasteiger partial charge on any atom is 1.00 e. The Hall–Kier alpha value is -0.220. The van der Waals surface area contributed by atoms with Gasteiger partial charge >= 0.3 is 29.6 Å². The summed E-state index contributed by atoms with van der Waals surface area (Å²) in [4.78, 5) is 0. The Kier molecular flexibility index (Phi) is 3.40. The second-order valence-electron chi connectivity index (χ2n) is 2.33. The molecule has 1 aliphatic rings. The molecule has 0 saturated carbocycles. The van der Waals surface area contributed by atoms with Crippen LogP contribution in [0.1, 0.15) is 5.56 Å². The Morgan fingerprint density at radius 1 is 1.25 bits per heavy atom. The molecule has 2 rings (SSSR count).